The molecule has 0 saturated carbocycles. The third-order valence-corrected chi connectivity index (χ3v) is 2.98. The van der Waals surface area contributed by atoms with Crippen LogP contribution in [0.25, 0.3) is 6.08 Å². The zero-order chi connectivity index (χ0) is 17.2. The van der Waals surface area contributed by atoms with Gasteiger partial charge in [-0.15, -0.1) is 0 Å². The molecule has 0 atom stereocenters. The Kier molecular flexibility index (Phi) is 7.90. The van der Waals surface area contributed by atoms with Gasteiger partial charge in [-0.25, -0.2) is 0 Å². The Hall–Kier alpha value is -2.28. The minimum atomic E-state index is -0.367. The maximum Gasteiger partial charge on any atom is 0.262 e. The molecule has 4 N–H and O–H groups in total. The van der Waals surface area contributed by atoms with E-state index in [1.165, 1.54) is 6.08 Å². The molecule has 1 amide bonds. The number of benzene rings is 1. The second kappa shape index (κ2) is 9.68. The monoisotopic (exact) mass is 337 g/mol. The van der Waals surface area contributed by atoms with Crippen LogP contribution in [0.15, 0.2) is 24.3 Å². The van der Waals surface area contributed by atoms with Gasteiger partial charge in [-0.3, -0.25) is 15.6 Å². The number of ether oxygens (including phenoxy) is 2. The second-order valence-electron chi connectivity index (χ2n) is 5.25. The van der Waals surface area contributed by atoms with Gasteiger partial charge in [-0.1, -0.05) is 19.9 Å². The van der Waals surface area contributed by atoms with Crippen molar-refractivity contribution in [2.24, 2.45) is 11.7 Å². The van der Waals surface area contributed by atoms with E-state index in [0.29, 0.717) is 24.0 Å². The zero-order valence-corrected chi connectivity index (χ0v) is 14.4. The number of rotatable bonds is 7. The normalized spacial score (nSPS) is 10.6. The highest BCUT2D eigenvalue weighted by Crippen LogP contribution is 2.28. The van der Waals surface area contributed by atoms with Crippen molar-refractivity contribution in [1.29, 1.82) is 0 Å². The SMILES string of the molecule is COc1cc(/C=C/C(=O)NNC(N)=S)ccc1OCCC(C)C. The summed E-state index contributed by atoms with van der Waals surface area (Å²) in [6, 6.07) is 5.47. The average Bonchev–Trinajstić information content (AvgIpc) is 2.51. The zero-order valence-electron chi connectivity index (χ0n) is 13.6. The fraction of sp³-hybridized carbons (Fsp3) is 0.375. The van der Waals surface area contributed by atoms with Gasteiger partial charge in [-0.2, -0.15) is 0 Å². The lowest BCUT2D eigenvalue weighted by molar-refractivity contribution is -0.116. The number of hydrogen-bond donors (Lipinski definition) is 3. The van der Waals surface area contributed by atoms with E-state index < -0.39 is 0 Å². The van der Waals surface area contributed by atoms with E-state index in [0.717, 1.165) is 12.0 Å². The molecule has 0 saturated heterocycles. The smallest absolute Gasteiger partial charge is 0.262 e. The first-order valence-electron chi connectivity index (χ1n) is 7.26. The van der Waals surface area contributed by atoms with Crippen molar-refractivity contribution in [3.8, 4) is 11.5 Å². The van der Waals surface area contributed by atoms with Crippen LogP contribution in [0.2, 0.25) is 0 Å². The maximum atomic E-state index is 11.5. The summed E-state index contributed by atoms with van der Waals surface area (Å²) in [7, 11) is 1.58. The molecule has 0 aliphatic heterocycles. The van der Waals surface area contributed by atoms with Crippen LogP contribution in [0, 0.1) is 5.92 Å². The summed E-state index contributed by atoms with van der Waals surface area (Å²) in [5, 5.41) is -0.00341. The van der Waals surface area contributed by atoms with Crippen LogP contribution in [0.1, 0.15) is 25.8 Å². The van der Waals surface area contributed by atoms with Gasteiger partial charge < -0.3 is 15.2 Å². The third kappa shape index (κ3) is 7.51. The van der Waals surface area contributed by atoms with Crippen LogP contribution in [-0.4, -0.2) is 24.7 Å². The molecule has 0 fully saturated rings. The first-order chi connectivity index (χ1) is 10.9. The molecule has 0 aromatic heterocycles. The molecule has 23 heavy (non-hydrogen) atoms. The molecule has 1 rings (SSSR count). The number of hydrazine groups is 1. The average molecular weight is 337 g/mol. The molecule has 0 spiro atoms. The van der Waals surface area contributed by atoms with E-state index in [1.807, 2.05) is 12.1 Å². The lowest BCUT2D eigenvalue weighted by atomic mass is 10.1. The molecule has 126 valence electrons. The largest absolute Gasteiger partial charge is 0.493 e. The van der Waals surface area contributed by atoms with Gasteiger partial charge >= 0.3 is 0 Å². The van der Waals surface area contributed by atoms with Gasteiger partial charge in [0, 0.05) is 6.08 Å². The van der Waals surface area contributed by atoms with Crippen LogP contribution in [0.4, 0.5) is 0 Å². The number of methoxy groups -OCH3 is 1. The van der Waals surface area contributed by atoms with Crippen molar-refractivity contribution >= 4 is 29.3 Å². The lowest BCUT2D eigenvalue weighted by Crippen LogP contribution is -2.43. The predicted molar refractivity (Wildman–Crippen MR) is 95.0 cm³/mol. The van der Waals surface area contributed by atoms with Crippen LogP contribution in [0.3, 0.4) is 0 Å². The third-order valence-electron chi connectivity index (χ3n) is 2.88. The fourth-order valence-electron chi connectivity index (χ4n) is 1.65. The molecule has 0 heterocycles. The van der Waals surface area contributed by atoms with Gasteiger partial charge in [0.15, 0.2) is 16.6 Å². The highest BCUT2D eigenvalue weighted by Gasteiger charge is 2.05. The quantitative estimate of drug-likeness (QED) is 0.401. The molecule has 7 heteroatoms. The van der Waals surface area contributed by atoms with E-state index in [-0.39, 0.29) is 11.0 Å². The van der Waals surface area contributed by atoms with Gasteiger partial charge in [0.1, 0.15) is 0 Å². The number of amides is 1. The van der Waals surface area contributed by atoms with Crippen LogP contribution >= 0.6 is 12.2 Å². The summed E-state index contributed by atoms with van der Waals surface area (Å²) in [4.78, 5) is 11.5. The van der Waals surface area contributed by atoms with Crippen molar-refractivity contribution in [3.63, 3.8) is 0 Å². The Morgan fingerprint density at radius 2 is 2.09 bits per heavy atom. The number of thiocarbonyl (C=S) groups is 1. The summed E-state index contributed by atoms with van der Waals surface area (Å²) in [6.07, 6.45) is 3.98. The highest BCUT2D eigenvalue weighted by molar-refractivity contribution is 7.80. The number of carbonyl (C=O) groups excluding carboxylic acids is 1. The molecule has 0 bridgehead atoms. The van der Waals surface area contributed by atoms with Gasteiger partial charge in [0.05, 0.1) is 13.7 Å². The first kappa shape index (κ1) is 18.8. The standard InChI is InChI=1S/C16H23N3O3S/c1-11(2)8-9-22-13-6-4-12(10-14(13)21-3)5-7-15(20)18-19-16(17)23/h4-7,10-11H,8-9H2,1-3H3,(H,18,20)(H3,17,19,23)/b7-5+. The number of nitrogens with two attached hydrogens (primary N) is 1. The molecular formula is C16H23N3O3S. The van der Waals surface area contributed by atoms with E-state index >= 15 is 0 Å². The minimum absolute atomic E-state index is 0.00341. The Labute approximate surface area is 142 Å². The van der Waals surface area contributed by atoms with E-state index in [2.05, 4.69) is 36.9 Å². The fourth-order valence-corrected chi connectivity index (χ4v) is 1.70. The Morgan fingerprint density at radius 3 is 2.70 bits per heavy atom. The number of carbonyl (C=O) groups is 1. The first-order valence-corrected chi connectivity index (χ1v) is 7.67. The summed E-state index contributed by atoms with van der Waals surface area (Å²) >= 11 is 4.59. The topological polar surface area (TPSA) is 85.6 Å². The molecule has 6 nitrogen and oxygen atoms in total. The van der Waals surface area contributed by atoms with Gasteiger partial charge in [-0.05, 0) is 48.3 Å². The van der Waals surface area contributed by atoms with Gasteiger partial charge in [0.25, 0.3) is 5.91 Å². The van der Waals surface area contributed by atoms with Crippen molar-refractivity contribution < 1.29 is 14.3 Å². The molecule has 0 radical (unpaired) electrons. The lowest BCUT2D eigenvalue weighted by Gasteiger charge is -2.12. The van der Waals surface area contributed by atoms with Crippen molar-refractivity contribution in [2.45, 2.75) is 20.3 Å². The van der Waals surface area contributed by atoms with Crippen LogP contribution < -0.4 is 26.1 Å². The summed E-state index contributed by atoms with van der Waals surface area (Å²) in [5.41, 5.74) is 10.7. The van der Waals surface area contributed by atoms with Crippen molar-refractivity contribution in [2.75, 3.05) is 13.7 Å². The van der Waals surface area contributed by atoms with E-state index in [4.69, 9.17) is 15.2 Å². The van der Waals surface area contributed by atoms with E-state index in [9.17, 15) is 4.79 Å². The highest BCUT2D eigenvalue weighted by atomic mass is 32.1. The number of nitrogens with one attached hydrogen (secondary N) is 2. The van der Waals surface area contributed by atoms with Gasteiger partial charge in [0.2, 0.25) is 0 Å². The van der Waals surface area contributed by atoms with Crippen molar-refractivity contribution in [3.05, 3.63) is 29.8 Å². The molecule has 0 aliphatic carbocycles. The predicted octanol–water partition coefficient (Wildman–Crippen LogP) is 2.00. The van der Waals surface area contributed by atoms with Crippen molar-refractivity contribution in [1.82, 2.24) is 10.9 Å². The Morgan fingerprint density at radius 1 is 1.35 bits per heavy atom. The minimum Gasteiger partial charge on any atom is -0.493 e. The Balaban J connectivity index is 2.67. The summed E-state index contributed by atoms with van der Waals surface area (Å²) in [5.74, 6) is 1.52. The molecular weight excluding hydrogens is 314 g/mol. The molecule has 1 aromatic carbocycles. The van der Waals surface area contributed by atoms with E-state index in [1.54, 1.807) is 19.3 Å². The maximum absolute atomic E-state index is 11.5. The number of hydrogen-bond acceptors (Lipinski definition) is 4. The van der Waals surface area contributed by atoms with Crippen LogP contribution in [0.5, 0.6) is 11.5 Å². The molecule has 0 aliphatic rings. The summed E-state index contributed by atoms with van der Waals surface area (Å²) < 4.78 is 11.0. The second-order valence-corrected chi connectivity index (χ2v) is 5.69. The Bertz CT molecular complexity index is 574. The molecule has 1 aromatic rings. The molecule has 0 unspecified atom stereocenters. The summed E-state index contributed by atoms with van der Waals surface area (Å²) in [6.45, 7) is 4.92. The van der Waals surface area contributed by atoms with Crippen LogP contribution in [-0.2, 0) is 4.79 Å².